The van der Waals surface area contributed by atoms with E-state index >= 15 is 0 Å². The number of aryl methyl sites for hydroxylation is 1. The Hall–Kier alpha value is -1.62. The van der Waals surface area contributed by atoms with E-state index in [0.29, 0.717) is 6.42 Å². The Kier molecular flexibility index (Phi) is 3.05. The number of aromatic amines is 1. The highest BCUT2D eigenvalue weighted by molar-refractivity contribution is 7.13. The molecular formula is C11H14N4S. The predicted molar refractivity (Wildman–Crippen MR) is 66.9 cm³/mol. The molecule has 16 heavy (non-hydrogen) atoms. The number of rotatable bonds is 4. The molecule has 0 fully saturated rings. The number of nitrogens with two attached hydrogens (primary N) is 1. The first-order valence-electron chi connectivity index (χ1n) is 5.09. The summed E-state index contributed by atoms with van der Waals surface area (Å²) in [6, 6.07) is 4.07. The van der Waals surface area contributed by atoms with E-state index in [1.165, 1.54) is 0 Å². The van der Waals surface area contributed by atoms with Gasteiger partial charge in [0.25, 0.3) is 0 Å². The second kappa shape index (κ2) is 4.49. The summed E-state index contributed by atoms with van der Waals surface area (Å²) >= 11 is 1.67. The standard InChI is InChI=1S/C11H14N4S/c1-7-8(4-5-10(12)13)11(15-14-7)9-3-2-6-16-9/h2-3,6H,4-5H2,1H3,(H3,12,13)(H,14,15). The molecule has 0 atom stereocenters. The molecule has 0 saturated heterocycles. The first kappa shape index (κ1) is 10.9. The van der Waals surface area contributed by atoms with E-state index < -0.39 is 0 Å². The van der Waals surface area contributed by atoms with E-state index in [1.807, 2.05) is 18.4 Å². The highest BCUT2D eigenvalue weighted by atomic mass is 32.1. The third-order valence-corrected chi connectivity index (χ3v) is 3.35. The molecule has 84 valence electrons. The van der Waals surface area contributed by atoms with Gasteiger partial charge in [-0.25, -0.2) is 0 Å². The first-order valence-corrected chi connectivity index (χ1v) is 5.97. The molecule has 0 saturated carbocycles. The lowest BCUT2D eigenvalue weighted by molar-refractivity contribution is 0.997. The third kappa shape index (κ3) is 2.14. The molecule has 0 unspecified atom stereocenters. The van der Waals surface area contributed by atoms with Crippen LogP contribution in [0.5, 0.6) is 0 Å². The number of thiophene rings is 1. The maximum atomic E-state index is 7.26. The van der Waals surface area contributed by atoms with Crippen LogP contribution in [0.1, 0.15) is 17.7 Å². The van der Waals surface area contributed by atoms with E-state index in [1.54, 1.807) is 11.3 Å². The van der Waals surface area contributed by atoms with Gasteiger partial charge < -0.3 is 5.73 Å². The molecule has 4 nitrogen and oxygen atoms in total. The van der Waals surface area contributed by atoms with E-state index in [2.05, 4.69) is 16.3 Å². The largest absolute Gasteiger partial charge is 0.388 e. The molecule has 0 aromatic carbocycles. The van der Waals surface area contributed by atoms with Gasteiger partial charge in [-0.05, 0) is 24.8 Å². The van der Waals surface area contributed by atoms with Crippen molar-refractivity contribution in [3.05, 3.63) is 28.8 Å². The molecule has 5 heteroatoms. The number of H-pyrrole nitrogens is 1. The smallest absolute Gasteiger partial charge is 0.105 e. The molecule has 2 heterocycles. The summed E-state index contributed by atoms with van der Waals surface area (Å²) in [7, 11) is 0. The third-order valence-electron chi connectivity index (χ3n) is 2.47. The lowest BCUT2D eigenvalue weighted by atomic mass is 10.1. The molecule has 0 aliphatic carbocycles. The van der Waals surface area contributed by atoms with E-state index in [9.17, 15) is 0 Å². The second-order valence-corrected chi connectivity index (χ2v) is 4.63. The average molecular weight is 234 g/mol. The van der Waals surface area contributed by atoms with Crippen molar-refractivity contribution in [2.45, 2.75) is 19.8 Å². The molecule has 2 aromatic rings. The van der Waals surface area contributed by atoms with Gasteiger partial charge in [-0.3, -0.25) is 10.5 Å². The van der Waals surface area contributed by atoms with Gasteiger partial charge in [-0.2, -0.15) is 5.10 Å². The van der Waals surface area contributed by atoms with Crippen molar-refractivity contribution in [3.63, 3.8) is 0 Å². The minimum atomic E-state index is 0.220. The zero-order valence-electron chi connectivity index (χ0n) is 9.08. The van der Waals surface area contributed by atoms with Gasteiger partial charge in [0.05, 0.1) is 10.7 Å². The number of aromatic nitrogens is 2. The molecule has 0 aliphatic heterocycles. The molecule has 0 radical (unpaired) electrons. The van der Waals surface area contributed by atoms with Crippen molar-refractivity contribution in [1.29, 1.82) is 5.41 Å². The fourth-order valence-corrected chi connectivity index (χ4v) is 2.38. The van der Waals surface area contributed by atoms with Gasteiger partial charge >= 0.3 is 0 Å². The number of amidine groups is 1. The van der Waals surface area contributed by atoms with Crippen LogP contribution in [-0.4, -0.2) is 16.0 Å². The summed E-state index contributed by atoms with van der Waals surface area (Å²) in [5, 5.41) is 16.6. The summed E-state index contributed by atoms with van der Waals surface area (Å²) < 4.78 is 0. The average Bonchev–Trinajstić information content (AvgIpc) is 2.83. The van der Waals surface area contributed by atoms with Gasteiger partial charge in [0.15, 0.2) is 0 Å². The lowest BCUT2D eigenvalue weighted by Crippen LogP contribution is -2.10. The normalized spacial score (nSPS) is 10.6. The maximum absolute atomic E-state index is 7.26. The summed E-state index contributed by atoms with van der Waals surface area (Å²) in [6.45, 7) is 2.00. The van der Waals surface area contributed by atoms with Crippen molar-refractivity contribution in [2.24, 2.45) is 5.73 Å². The van der Waals surface area contributed by atoms with Crippen LogP contribution in [0.2, 0.25) is 0 Å². The van der Waals surface area contributed by atoms with E-state index in [4.69, 9.17) is 11.1 Å². The van der Waals surface area contributed by atoms with Crippen molar-refractivity contribution >= 4 is 17.2 Å². The monoisotopic (exact) mass is 234 g/mol. The van der Waals surface area contributed by atoms with Crippen molar-refractivity contribution in [3.8, 4) is 10.6 Å². The molecule has 0 bridgehead atoms. The number of hydrogen-bond acceptors (Lipinski definition) is 3. The van der Waals surface area contributed by atoms with Crippen molar-refractivity contribution in [2.75, 3.05) is 0 Å². The molecule has 4 N–H and O–H groups in total. The SMILES string of the molecule is Cc1[nH]nc(-c2cccs2)c1CCC(=N)N. The summed E-state index contributed by atoms with van der Waals surface area (Å²) in [5.41, 5.74) is 8.60. The molecular weight excluding hydrogens is 220 g/mol. The van der Waals surface area contributed by atoms with Crippen LogP contribution in [-0.2, 0) is 6.42 Å². The lowest BCUT2D eigenvalue weighted by Gasteiger charge is -2.01. The number of nitrogens with one attached hydrogen (secondary N) is 2. The van der Waals surface area contributed by atoms with Crippen LogP contribution in [0.4, 0.5) is 0 Å². The van der Waals surface area contributed by atoms with Gasteiger partial charge in [0.1, 0.15) is 5.69 Å². The zero-order chi connectivity index (χ0) is 11.5. The van der Waals surface area contributed by atoms with E-state index in [0.717, 1.165) is 28.2 Å². The predicted octanol–water partition coefficient (Wildman–Crippen LogP) is 2.32. The molecule has 2 aromatic heterocycles. The van der Waals surface area contributed by atoms with E-state index in [-0.39, 0.29) is 5.84 Å². The Bertz CT molecular complexity index is 484. The van der Waals surface area contributed by atoms with Gasteiger partial charge in [-0.1, -0.05) is 6.07 Å². The topological polar surface area (TPSA) is 78.5 Å². The second-order valence-electron chi connectivity index (χ2n) is 3.68. The van der Waals surface area contributed by atoms with Crippen LogP contribution in [0.25, 0.3) is 10.6 Å². The highest BCUT2D eigenvalue weighted by Gasteiger charge is 2.12. The fourth-order valence-electron chi connectivity index (χ4n) is 1.63. The summed E-state index contributed by atoms with van der Waals surface area (Å²) in [5.74, 6) is 0.220. The Labute approximate surface area is 98.0 Å². The minimum Gasteiger partial charge on any atom is -0.388 e. The van der Waals surface area contributed by atoms with Gasteiger partial charge in [0.2, 0.25) is 0 Å². The van der Waals surface area contributed by atoms with Crippen LogP contribution in [0.3, 0.4) is 0 Å². The molecule has 2 rings (SSSR count). The Morgan fingerprint density at radius 3 is 3.06 bits per heavy atom. The Balaban J connectivity index is 2.29. The molecule has 0 spiro atoms. The first-order chi connectivity index (χ1) is 7.68. The van der Waals surface area contributed by atoms with Crippen LogP contribution in [0, 0.1) is 12.3 Å². The van der Waals surface area contributed by atoms with Crippen LogP contribution in [0.15, 0.2) is 17.5 Å². The quantitative estimate of drug-likeness (QED) is 0.560. The summed E-state index contributed by atoms with van der Waals surface area (Å²) in [4.78, 5) is 1.16. The maximum Gasteiger partial charge on any atom is 0.105 e. The van der Waals surface area contributed by atoms with Crippen molar-refractivity contribution < 1.29 is 0 Å². The summed E-state index contributed by atoms with van der Waals surface area (Å²) in [6.07, 6.45) is 1.35. The Morgan fingerprint density at radius 1 is 1.62 bits per heavy atom. The molecule has 0 aliphatic rings. The van der Waals surface area contributed by atoms with Gasteiger partial charge in [-0.15, -0.1) is 11.3 Å². The van der Waals surface area contributed by atoms with Crippen molar-refractivity contribution in [1.82, 2.24) is 10.2 Å². The van der Waals surface area contributed by atoms with Crippen LogP contribution < -0.4 is 5.73 Å². The van der Waals surface area contributed by atoms with Crippen LogP contribution >= 0.6 is 11.3 Å². The molecule has 0 amide bonds. The highest BCUT2D eigenvalue weighted by Crippen LogP contribution is 2.28. The number of nitrogens with zero attached hydrogens (tertiary/aromatic N) is 1. The minimum absolute atomic E-state index is 0.220. The number of hydrogen-bond donors (Lipinski definition) is 3. The Morgan fingerprint density at radius 2 is 2.44 bits per heavy atom. The zero-order valence-corrected chi connectivity index (χ0v) is 9.90. The fraction of sp³-hybridized carbons (Fsp3) is 0.273. The van der Waals surface area contributed by atoms with Gasteiger partial charge in [0, 0.05) is 17.7 Å².